The lowest BCUT2D eigenvalue weighted by atomic mass is 10.2. The maximum absolute atomic E-state index is 12.9. The lowest BCUT2D eigenvalue weighted by Crippen LogP contribution is -2.37. The second-order valence-corrected chi connectivity index (χ2v) is 5.12. The molecule has 6 nitrogen and oxygen atoms in total. The van der Waals surface area contributed by atoms with E-state index in [1.54, 1.807) is 0 Å². The van der Waals surface area contributed by atoms with E-state index in [1.807, 2.05) is 38.1 Å². The summed E-state index contributed by atoms with van der Waals surface area (Å²) in [5, 5.41) is 6.11. The highest BCUT2D eigenvalue weighted by Gasteiger charge is 2.11. The predicted octanol–water partition coefficient (Wildman–Crippen LogP) is 3.55. The van der Waals surface area contributed by atoms with Crippen LogP contribution < -0.4 is 15.4 Å². The largest absolute Gasteiger partial charge is 0.494 e. The molecule has 0 saturated carbocycles. The lowest BCUT2D eigenvalue weighted by Gasteiger charge is -2.13. The second kappa shape index (κ2) is 11.7. The number of guanidine groups is 1. The molecule has 0 amide bonds. The minimum Gasteiger partial charge on any atom is -0.494 e. The molecule has 2 aromatic rings. The van der Waals surface area contributed by atoms with Crippen molar-refractivity contribution in [1.29, 1.82) is 0 Å². The summed E-state index contributed by atoms with van der Waals surface area (Å²) in [7, 11) is 0. The number of halogens is 3. The third-order valence-electron chi connectivity index (χ3n) is 3.40. The monoisotopic (exact) mass is 479 g/mol. The Balaban J connectivity index is 0.00000338. The van der Waals surface area contributed by atoms with Crippen LogP contribution in [0.25, 0.3) is 0 Å². The number of hydrogen-bond donors (Lipinski definition) is 2. The van der Waals surface area contributed by atoms with E-state index in [9.17, 15) is 8.78 Å². The zero-order valence-electron chi connectivity index (χ0n) is 14.8. The highest BCUT2D eigenvalue weighted by atomic mass is 127. The van der Waals surface area contributed by atoms with Crippen LogP contribution in [0.15, 0.2) is 41.7 Å². The normalized spacial score (nSPS) is 11.2. The average molecular weight is 479 g/mol. The molecule has 0 saturated heterocycles. The van der Waals surface area contributed by atoms with Gasteiger partial charge in [0.05, 0.1) is 19.7 Å². The van der Waals surface area contributed by atoms with Gasteiger partial charge in [0.25, 0.3) is 0 Å². The van der Waals surface area contributed by atoms with Gasteiger partial charge in [-0.2, -0.15) is 8.78 Å². The van der Waals surface area contributed by atoms with E-state index in [-0.39, 0.29) is 36.3 Å². The summed E-state index contributed by atoms with van der Waals surface area (Å²) < 4.78 is 32.1. The number of imidazole rings is 1. The highest BCUT2D eigenvalue weighted by molar-refractivity contribution is 14.0. The Morgan fingerprint density at radius 3 is 2.73 bits per heavy atom. The van der Waals surface area contributed by atoms with E-state index in [0.29, 0.717) is 25.7 Å². The van der Waals surface area contributed by atoms with Crippen LogP contribution in [-0.2, 0) is 13.1 Å². The van der Waals surface area contributed by atoms with Crippen LogP contribution in [0.4, 0.5) is 8.78 Å². The molecule has 1 heterocycles. The molecule has 0 fully saturated rings. The van der Waals surface area contributed by atoms with Crippen LogP contribution in [0.1, 0.15) is 31.8 Å². The second-order valence-electron chi connectivity index (χ2n) is 5.12. The molecular formula is C17H24F2IN5O. The molecule has 2 rings (SSSR count). The van der Waals surface area contributed by atoms with Crippen molar-refractivity contribution in [2.45, 2.75) is 33.5 Å². The number of nitrogens with zero attached hydrogens (tertiary/aromatic N) is 3. The molecule has 0 aliphatic carbocycles. The molecule has 0 spiro atoms. The summed E-state index contributed by atoms with van der Waals surface area (Å²) in [6.45, 7) is 3.04. The SMILES string of the molecule is CCNC(=NCc1ccccc1OCC)NCc1nccn1C(F)F.I. The molecule has 144 valence electrons. The van der Waals surface area contributed by atoms with Gasteiger partial charge < -0.3 is 15.4 Å². The Kier molecular flexibility index (Phi) is 9.92. The van der Waals surface area contributed by atoms with Crippen molar-refractivity contribution in [1.82, 2.24) is 20.2 Å². The standard InChI is InChI=1S/C17H23F2N5O.HI/c1-3-20-17(23-12-15-21-9-10-24(15)16(18)19)22-11-13-7-5-6-8-14(13)25-4-2;/h5-10,16H,3-4,11-12H2,1-2H3,(H2,20,22,23);1H. The third kappa shape index (κ3) is 6.43. The Morgan fingerprint density at radius 2 is 2.04 bits per heavy atom. The van der Waals surface area contributed by atoms with Crippen LogP contribution in [-0.4, -0.2) is 28.7 Å². The van der Waals surface area contributed by atoms with Gasteiger partial charge in [0, 0.05) is 24.5 Å². The van der Waals surface area contributed by atoms with E-state index in [0.717, 1.165) is 15.9 Å². The Hall–Kier alpha value is -1.91. The van der Waals surface area contributed by atoms with Gasteiger partial charge in [-0.05, 0) is 19.9 Å². The smallest absolute Gasteiger partial charge is 0.319 e. The summed E-state index contributed by atoms with van der Waals surface area (Å²) in [4.78, 5) is 8.43. The fourth-order valence-electron chi connectivity index (χ4n) is 2.26. The minimum absolute atomic E-state index is 0. The van der Waals surface area contributed by atoms with Gasteiger partial charge in [-0.15, -0.1) is 24.0 Å². The summed E-state index contributed by atoms with van der Waals surface area (Å²) in [5.74, 6) is 1.56. The number of para-hydroxylation sites is 1. The molecule has 0 bridgehead atoms. The van der Waals surface area contributed by atoms with E-state index in [2.05, 4.69) is 20.6 Å². The number of aromatic nitrogens is 2. The molecule has 0 unspecified atom stereocenters. The Labute approximate surface area is 169 Å². The van der Waals surface area contributed by atoms with Crippen molar-refractivity contribution in [3.8, 4) is 5.75 Å². The number of alkyl halides is 2. The first-order chi connectivity index (χ1) is 12.2. The van der Waals surface area contributed by atoms with Gasteiger partial charge in [-0.1, -0.05) is 18.2 Å². The number of rotatable bonds is 8. The summed E-state index contributed by atoms with van der Waals surface area (Å²) >= 11 is 0. The fraction of sp³-hybridized carbons (Fsp3) is 0.412. The van der Waals surface area contributed by atoms with E-state index in [4.69, 9.17) is 4.74 Å². The molecular weight excluding hydrogens is 455 g/mol. The number of nitrogens with one attached hydrogen (secondary N) is 2. The molecule has 0 aliphatic rings. The number of hydrogen-bond acceptors (Lipinski definition) is 3. The Bertz CT molecular complexity index is 693. The van der Waals surface area contributed by atoms with Gasteiger partial charge in [0.15, 0.2) is 5.96 Å². The first-order valence-electron chi connectivity index (χ1n) is 8.18. The lowest BCUT2D eigenvalue weighted by molar-refractivity contribution is 0.0668. The Morgan fingerprint density at radius 1 is 1.27 bits per heavy atom. The predicted molar refractivity (Wildman–Crippen MR) is 108 cm³/mol. The molecule has 0 radical (unpaired) electrons. The van der Waals surface area contributed by atoms with Crippen LogP contribution in [0.3, 0.4) is 0 Å². The van der Waals surface area contributed by atoms with Crippen LogP contribution in [0.5, 0.6) is 5.75 Å². The minimum atomic E-state index is -2.61. The van der Waals surface area contributed by atoms with E-state index >= 15 is 0 Å². The first-order valence-corrected chi connectivity index (χ1v) is 8.18. The quantitative estimate of drug-likeness (QED) is 0.346. The fourth-order valence-corrected chi connectivity index (χ4v) is 2.26. The van der Waals surface area contributed by atoms with Crippen molar-refractivity contribution < 1.29 is 13.5 Å². The number of aliphatic imine (C=N–C) groups is 1. The molecule has 1 aromatic heterocycles. The van der Waals surface area contributed by atoms with Crippen molar-refractivity contribution in [2.75, 3.05) is 13.2 Å². The van der Waals surface area contributed by atoms with Gasteiger partial charge in [0.1, 0.15) is 11.6 Å². The highest BCUT2D eigenvalue weighted by Crippen LogP contribution is 2.18. The molecule has 26 heavy (non-hydrogen) atoms. The zero-order valence-corrected chi connectivity index (χ0v) is 17.1. The summed E-state index contributed by atoms with van der Waals surface area (Å²) in [6, 6.07) is 7.68. The van der Waals surface area contributed by atoms with Crippen molar-refractivity contribution in [2.24, 2.45) is 4.99 Å². The molecule has 0 atom stereocenters. The molecule has 2 N–H and O–H groups in total. The van der Waals surface area contributed by atoms with E-state index in [1.165, 1.54) is 12.4 Å². The topological polar surface area (TPSA) is 63.5 Å². The van der Waals surface area contributed by atoms with Crippen LogP contribution >= 0.6 is 24.0 Å². The summed E-state index contributed by atoms with van der Waals surface area (Å²) in [6.07, 6.45) is 2.61. The number of ether oxygens (including phenoxy) is 1. The zero-order chi connectivity index (χ0) is 18.1. The molecule has 9 heteroatoms. The third-order valence-corrected chi connectivity index (χ3v) is 3.40. The molecule has 1 aromatic carbocycles. The van der Waals surface area contributed by atoms with Crippen molar-refractivity contribution >= 4 is 29.9 Å². The van der Waals surface area contributed by atoms with Gasteiger partial charge in [-0.25, -0.2) is 9.98 Å². The number of benzene rings is 1. The van der Waals surface area contributed by atoms with Crippen molar-refractivity contribution in [3.05, 3.63) is 48.0 Å². The van der Waals surface area contributed by atoms with Crippen LogP contribution in [0, 0.1) is 0 Å². The first kappa shape index (κ1) is 22.1. The maximum Gasteiger partial charge on any atom is 0.319 e. The van der Waals surface area contributed by atoms with Crippen molar-refractivity contribution in [3.63, 3.8) is 0 Å². The van der Waals surface area contributed by atoms with Gasteiger partial charge in [0.2, 0.25) is 0 Å². The van der Waals surface area contributed by atoms with Gasteiger partial charge in [-0.3, -0.25) is 4.57 Å². The van der Waals surface area contributed by atoms with Crippen LogP contribution in [0.2, 0.25) is 0 Å². The average Bonchev–Trinajstić information content (AvgIpc) is 3.07. The summed E-state index contributed by atoms with van der Waals surface area (Å²) in [5.41, 5.74) is 0.954. The van der Waals surface area contributed by atoms with Gasteiger partial charge >= 0.3 is 6.55 Å². The maximum atomic E-state index is 12.9. The van der Waals surface area contributed by atoms with E-state index < -0.39 is 6.55 Å². The molecule has 0 aliphatic heterocycles.